The minimum Gasteiger partial charge on any atom is -0.323 e. The van der Waals surface area contributed by atoms with Crippen molar-refractivity contribution in [3.05, 3.63) is 36.5 Å². The number of hydrogen-bond donors (Lipinski definition) is 0. The van der Waals surface area contributed by atoms with Gasteiger partial charge in [0.25, 0.3) is 0 Å². The van der Waals surface area contributed by atoms with Crippen molar-refractivity contribution in [3.8, 4) is 0 Å². The molecule has 0 aliphatic carbocycles. The normalized spacial score (nSPS) is 16.4. The van der Waals surface area contributed by atoms with Crippen molar-refractivity contribution < 1.29 is 0 Å². The Labute approximate surface area is 73.4 Å². The van der Waals surface area contributed by atoms with E-state index in [0.717, 1.165) is 11.4 Å². The van der Waals surface area contributed by atoms with Gasteiger partial charge in [-0.3, -0.25) is 4.99 Å². The van der Waals surface area contributed by atoms with Gasteiger partial charge in [-0.15, -0.1) is 0 Å². The minimum atomic E-state index is 0.714. The Morgan fingerprint density at radius 3 is 3.00 bits per heavy atom. The molecule has 0 spiro atoms. The van der Waals surface area contributed by atoms with Crippen molar-refractivity contribution in [2.24, 2.45) is 9.90 Å². The highest BCUT2D eigenvalue weighted by Gasteiger charge is 2.01. The highest BCUT2D eigenvalue weighted by molar-refractivity contribution is 6.70. The highest BCUT2D eigenvalue weighted by atomic mass is 14.9. The average molecular weight is 158 g/mol. The van der Waals surface area contributed by atoms with E-state index < -0.39 is 0 Å². The molecule has 0 saturated carbocycles. The smallest absolute Gasteiger partial charge is 0.308 e. The lowest BCUT2D eigenvalue weighted by atomic mass is 10.0. The van der Waals surface area contributed by atoms with Crippen molar-refractivity contribution in [1.82, 2.24) is 0 Å². The third-order valence-electron chi connectivity index (χ3n) is 1.48. The van der Waals surface area contributed by atoms with Gasteiger partial charge in [-0.25, -0.2) is 0 Å². The van der Waals surface area contributed by atoms with Crippen LogP contribution in [-0.2, 0) is 0 Å². The summed E-state index contributed by atoms with van der Waals surface area (Å²) < 4.78 is 0. The first-order chi connectivity index (χ1) is 5.84. The number of rotatable bonds is 3. The molecule has 1 rings (SSSR count). The SMILES string of the molecule is C=C/C=C\C=C(/C)C1=NBC=N1. The molecule has 60 valence electrons. The zero-order chi connectivity index (χ0) is 8.81. The Bertz CT molecular complexity index is 285. The molecular formula is C9H11BN2. The molecule has 0 fully saturated rings. The molecule has 0 aromatic rings. The molecule has 0 radical (unpaired) electrons. The molecule has 1 aliphatic heterocycles. The second-order valence-corrected chi connectivity index (χ2v) is 2.45. The Morgan fingerprint density at radius 1 is 1.58 bits per heavy atom. The fraction of sp³-hybridized carbons (Fsp3) is 0.111. The van der Waals surface area contributed by atoms with Gasteiger partial charge in [0.2, 0.25) is 0 Å². The van der Waals surface area contributed by atoms with E-state index in [1.807, 2.05) is 31.3 Å². The first-order valence-corrected chi connectivity index (χ1v) is 3.88. The summed E-state index contributed by atoms with van der Waals surface area (Å²) in [4.78, 5) is 8.29. The number of nitrogens with zero attached hydrogens (tertiary/aromatic N) is 2. The molecule has 0 aromatic heterocycles. The summed E-state index contributed by atoms with van der Waals surface area (Å²) in [6.45, 7) is 5.57. The maximum Gasteiger partial charge on any atom is 0.308 e. The molecule has 12 heavy (non-hydrogen) atoms. The van der Waals surface area contributed by atoms with Crippen LogP contribution in [0, 0.1) is 0 Å². The predicted octanol–water partition coefficient (Wildman–Crippen LogP) is 1.47. The van der Waals surface area contributed by atoms with Crippen LogP contribution in [-0.4, -0.2) is 19.4 Å². The molecule has 0 unspecified atom stereocenters. The molecule has 0 atom stereocenters. The molecule has 3 heteroatoms. The lowest BCUT2D eigenvalue weighted by Crippen LogP contribution is -1.91. The Kier molecular flexibility index (Phi) is 3.26. The van der Waals surface area contributed by atoms with Gasteiger partial charge in [0.15, 0.2) is 0 Å². The van der Waals surface area contributed by atoms with Gasteiger partial charge in [-0.05, 0) is 18.6 Å². The molecule has 1 heterocycles. The second-order valence-electron chi connectivity index (χ2n) is 2.45. The monoisotopic (exact) mass is 158 g/mol. The van der Waals surface area contributed by atoms with Crippen LogP contribution < -0.4 is 0 Å². The van der Waals surface area contributed by atoms with Gasteiger partial charge in [0, 0.05) is 0 Å². The molecular weight excluding hydrogens is 147 g/mol. The van der Waals surface area contributed by atoms with Crippen LogP contribution in [0.1, 0.15) is 6.92 Å². The standard InChI is InChI=1S/C9H11BN2/c1-3-4-5-6-8(2)9-11-7-10-12-9/h3-7,10H,1H2,2H3/b5-4-,8-6+. The van der Waals surface area contributed by atoms with E-state index in [-0.39, 0.29) is 0 Å². The van der Waals surface area contributed by atoms with Gasteiger partial charge >= 0.3 is 7.41 Å². The van der Waals surface area contributed by atoms with Crippen LogP contribution >= 0.6 is 0 Å². The number of allylic oxidation sites excluding steroid dienone is 4. The predicted molar refractivity (Wildman–Crippen MR) is 56.2 cm³/mol. The third kappa shape index (κ3) is 2.34. The molecule has 0 saturated heterocycles. The topological polar surface area (TPSA) is 24.7 Å². The van der Waals surface area contributed by atoms with Crippen LogP contribution in [0.2, 0.25) is 0 Å². The number of hydrogen-bond acceptors (Lipinski definition) is 2. The van der Waals surface area contributed by atoms with Gasteiger partial charge in [-0.1, -0.05) is 30.9 Å². The van der Waals surface area contributed by atoms with E-state index in [1.165, 1.54) is 0 Å². The van der Waals surface area contributed by atoms with Gasteiger partial charge in [0.05, 0.1) is 0 Å². The van der Waals surface area contributed by atoms with E-state index in [0.29, 0.717) is 7.41 Å². The first kappa shape index (κ1) is 8.72. The lowest BCUT2D eigenvalue weighted by Gasteiger charge is -1.93. The maximum absolute atomic E-state index is 4.18. The largest absolute Gasteiger partial charge is 0.323 e. The van der Waals surface area contributed by atoms with E-state index in [1.54, 1.807) is 6.08 Å². The maximum atomic E-state index is 4.18. The summed E-state index contributed by atoms with van der Waals surface area (Å²) in [7, 11) is 0.714. The summed E-state index contributed by atoms with van der Waals surface area (Å²) in [5.74, 6) is 0.837. The van der Waals surface area contributed by atoms with Gasteiger partial charge < -0.3 is 4.90 Å². The second kappa shape index (κ2) is 4.49. The van der Waals surface area contributed by atoms with Crippen molar-refractivity contribution >= 4 is 19.4 Å². The Hall–Kier alpha value is -1.38. The summed E-state index contributed by atoms with van der Waals surface area (Å²) in [6.07, 6.45) is 9.33. The Balaban J connectivity index is 2.62. The number of amidine groups is 1. The minimum absolute atomic E-state index is 0.714. The van der Waals surface area contributed by atoms with Crippen LogP contribution in [0.5, 0.6) is 0 Å². The van der Waals surface area contributed by atoms with Crippen LogP contribution in [0.3, 0.4) is 0 Å². The van der Waals surface area contributed by atoms with Crippen molar-refractivity contribution in [3.63, 3.8) is 0 Å². The fourth-order valence-corrected chi connectivity index (χ4v) is 0.875. The van der Waals surface area contributed by atoms with Gasteiger partial charge in [-0.2, -0.15) is 0 Å². The van der Waals surface area contributed by atoms with E-state index in [2.05, 4.69) is 16.5 Å². The lowest BCUT2D eigenvalue weighted by molar-refractivity contribution is 1.51. The summed E-state index contributed by atoms with van der Waals surface area (Å²) in [5.41, 5.74) is 1.09. The summed E-state index contributed by atoms with van der Waals surface area (Å²) in [5, 5.41) is 0. The molecule has 1 aliphatic rings. The zero-order valence-electron chi connectivity index (χ0n) is 7.20. The van der Waals surface area contributed by atoms with E-state index >= 15 is 0 Å². The summed E-state index contributed by atoms with van der Waals surface area (Å²) in [6, 6.07) is 0. The fourth-order valence-electron chi connectivity index (χ4n) is 0.875. The third-order valence-corrected chi connectivity index (χ3v) is 1.48. The van der Waals surface area contributed by atoms with Gasteiger partial charge in [0.1, 0.15) is 5.84 Å². The molecule has 2 nitrogen and oxygen atoms in total. The Morgan fingerprint density at radius 2 is 2.42 bits per heavy atom. The highest BCUT2D eigenvalue weighted by Crippen LogP contribution is 2.01. The van der Waals surface area contributed by atoms with E-state index in [9.17, 15) is 0 Å². The van der Waals surface area contributed by atoms with Crippen molar-refractivity contribution in [2.45, 2.75) is 6.92 Å². The van der Waals surface area contributed by atoms with Crippen LogP contribution in [0.15, 0.2) is 46.4 Å². The van der Waals surface area contributed by atoms with Crippen LogP contribution in [0.4, 0.5) is 0 Å². The van der Waals surface area contributed by atoms with Crippen molar-refractivity contribution in [2.75, 3.05) is 0 Å². The number of aliphatic imine (C=N–C) groups is 1. The van der Waals surface area contributed by atoms with E-state index in [4.69, 9.17) is 0 Å². The molecule has 0 N–H and O–H groups in total. The molecule has 0 aromatic carbocycles. The average Bonchev–Trinajstić information content (AvgIpc) is 2.56. The zero-order valence-corrected chi connectivity index (χ0v) is 7.20. The molecule has 0 bridgehead atoms. The van der Waals surface area contributed by atoms with Crippen LogP contribution in [0.25, 0.3) is 0 Å². The quantitative estimate of drug-likeness (QED) is 0.438. The first-order valence-electron chi connectivity index (χ1n) is 3.88. The van der Waals surface area contributed by atoms with Crippen molar-refractivity contribution in [1.29, 1.82) is 0 Å². The molecule has 0 amide bonds. The summed E-state index contributed by atoms with van der Waals surface area (Å²) >= 11 is 0.